The lowest BCUT2D eigenvalue weighted by Crippen LogP contribution is -2.50. The van der Waals surface area contributed by atoms with Crippen molar-refractivity contribution >= 4 is 74.6 Å². The van der Waals surface area contributed by atoms with Crippen LogP contribution >= 0.6 is 46.4 Å². The van der Waals surface area contributed by atoms with Gasteiger partial charge in [-0.15, -0.1) is 11.6 Å². The molecule has 2 saturated heterocycles. The van der Waals surface area contributed by atoms with Crippen LogP contribution in [0.5, 0.6) is 0 Å². The van der Waals surface area contributed by atoms with Gasteiger partial charge in [-0.3, -0.25) is 19.4 Å². The third-order valence-corrected chi connectivity index (χ3v) is 10.4. The van der Waals surface area contributed by atoms with E-state index in [1.807, 2.05) is 0 Å². The summed E-state index contributed by atoms with van der Waals surface area (Å²) >= 11 is 28.4. The lowest BCUT2D eigenvalue weighted by Gasteiger charge is -2.53. The van der Waals surface area contributed by atoms with Crippen molar-refractivity contribution < 1.29 is 9.59 Å². The number of imide groups is 1. The molecule has 5 nitrogen and oxygen atoms in total. The van der Waals surface area contributed by atoms with E-state index in [1.165, 1.54) is 12.7 Å². The van der Waals surface area contributed by atoms with Crippen LogP contribution in [0, 0.1) is 11.8 Å². The molecule has 3 heterocycles. The van der Waals surface area contributed by atoms with Crippen molar-refractivity contribution in [2.45, 2.75) is 23.8 Å². The average Bonchev–Trinajstić information content (AvgIpc) is 3.75. The van der Waals surface area contributed by atoms with Crippen LogP contribution in [0.1, 0.15) is 44.2 Å². The first kappa shape index (κ1) is 22.2. The van der Waals surface area contributed by atoms with Gasteiger partial charge in [0.15, 0.2) is 0 Å². The largest absolute Gasteiger partial charge is 0.371 e. The van der Waals surface area contributed by atoms with Crippen molar-refractivity contribution in [3.05, 3.63) is 61.2 Å². The topological polar surface area (TPSA) is 43.4 Å². The Morgan fingerprint density at radius 2 is 1.53 bits per heavy atom. The van der Waals surface area contributed by atoms with Gasteiger partial charge in [0.2, 0.25) is 0 Å². The van der Waals surface area contributed by atoms with Crippen LogP contribution < -0.4 is 0 Å². The summed E-state index contributed by atoms with van der Waals surface area (Å²) < 4.78 is 0. The zero-order valence-corrected chi connectivity index (χ0v) is 22.3. The van der Waals surface area contributed by atoms with Crippen molar-refractivity contribution in [2.75, 3.05) is 33.2 Å². The van der Waals surface area contributed by atoms with Gasteiger partial charge in [0.1, 0.15) is 0 Å². The second kappa shape index (κ2) is 7.21. The van der Waals surface area contributed by atoms with E-state index in [0.29, 0.717) is 37.6 Å². The second-order valence-corrected chi connectivity index (χ2v) is 12.6. The first-order chi connectivity index (χ1) is 17.3. The summed E-state index contributed by atoms with van der Waals surface area (Å²) in [6.45, 7) is 4.24. The number of carbonyl (C=O) groups is 2. The number of fused-ring (bicyclic) bond motifs is 2. The molecular weight excluding hydrogens is 540 g/mol. The summed E-state index contributed by atoms with van der Waals surface area (Å²) in [4.78, 5) is 32.4. The van der Waals surface area contributed by atoms with E-state index in [4.69, 9.17) is 46.4 Å². The molecule has 36 heavy (non-hydrogen) atoms. The molecular formula is C27H21Cl4N3O2. The SMILES string of the molecule is CN1C(=O)c2cc(Cl)c3c4c(c(Cl)cc(c24)C1=O)C1C(Cl)CC(N2CC2)C2C(N4CC4)=CC(Cl)=C3C21. The molecule has 5 unspecified atom stereocenters. The fraction of sp³-hybridized carbons (Fsp3) is 0.407. The van der Waals surface area contributed by atoms with Crippen LogP contribution in [0.3, 0.4) is 0 Å². The van der Waals surface area contributed by atoms with Gasteiger partial charge in [-0.1, -0.05) is 34.8 Å². The number of carbonyl (C=O) groups excluding carboxylic acids is 2. The van der Waals surface area contributed by atoms with Gasteiger partial charge in [-0.2, -0.15) is 0 Å². The van der Waals surface area contributed by atoms with Crippen LogP contribution in [0.4, 0.5) is 0 Å². The normalized spacial score (nSPS) is 32.2. The molecule has 3 fully saturated rings. The average molecular weight is 561 g/mol. The number of alkyl halides is 1. The van der Waals surface area contributed by atoms with Gasteiger partial charge in [-0.05, 0) is 41.2 Å². The standard InChI is InChI=1S/C27H21Cl4N3O2/c1-32-26(35)10-6-12(28)19-21-14(30)8-16(33-2-3-33)23-17(34-4-5-34)9-15(31)22(25(21)23)20-13(29)7-11(27(32)36)18(10)24(19)20/h6-8,15,17,22-23,25H,2-5,9H2,1H3. The summed E-state index contributed by atoms with van der Waals surface area (Å²) in [5, 5.41) is 2.82. The number of amides is 2. The zero-order chi connectivity index (χ0) is 24.8. The fourth-order valence-electron chi connectivity index (χ4n) is 7.41. The Balaban J connectivity index is 1.50. The third kappa shape index (κ3) is 2.69. The highest BCUT2D eigenvalue weighted by Gasteiger charge is 2.57. The highest BCUT2D eigenvalue weighted by atomic mass is 35.5. The van der Waals surface area contributed by atoms with Crippen molar-refractivity contribution in [1.29, 1.82) is 0 Å². The Morgan fingerprint density at radius 3 is 2.17 bits per heavy atom. The maximum Gasteiger partial charge on any atom is 0.261 e. The first-order valence-corrected chi connectivity index (χ1v) is 13.9. The molecule has 0 radical (unpaired) electrons. The molecule has 184 valence electrons. The van der Waals surface area contributed by atoms with Crippen LogP contribution in [0.2, 0.25) is 10.0 Å². The molecule has 0 N–H and O–H groups in total. The summed E-state index contributed by atoms with van der Waals surface area (Å²) in [6, 6.07) is 3.75. The Hall–Kier alpha value is -1.76. The zero-order valence-electron chi connectivity index (χ0n) is 19.3. The minimum Gasteiger partial charge on any atom is -0.371 e. The van der Waals surface area contributed by atoms with Crippen LogP contribution in [-0.2, 0) is 0 Å². The first-order valence-electron chi connectivity index (χ1n) is 12.3. The lowest BCUT2D eigenvalue weighted by molar-refractivity contribution is 0.0650. The smallest absolute Gasteiger partial charge is 0.261 e. The molecule has 0 spiro atoms. The third-order valence-electron chi connectivity index (χ3n) is 9.03. The second-order valence-electron chi connectivity index (χ2n) is 10.8. The Bertz CT molecular complexity index is 1500. The van der Waals surface area contributed by atoms with Crippen LogP contribution in [-0.4, -0.2) is 71.2 Å². The summed E-state index contributed by atoms with van der Waals surface area (Å²) in [7, 11) is 1.49. The van der Waals surface area contributed by atoms with E-state index in [1.54, 1.807) is 12.1 Å². The van der Waals surface area contributed by atoms with E-state index in [9.17, 15) is 9.59 Å². The van der Waals surface area contributed by atoms with Crippen molar-refractivity contribution in [3.8, 4) is 0 Å². The number of benzene rings is 2. The number of allylic oxidation sites excluding steroid dienone is 3. The van der Waals surface area contributed by atoms with Gasteiger partial charge in [-0.25, -0.2) is 0 Å². The monoisotopic (exact) mass is 559 g/mol. The van der Waals surface area contributed by atoms with Gasteiger partial charge in [0.25, 0.3) is 11.8 Å². The molecule has 3 aliphatic carbocycles. The minimum absolute atomic E-state index is 0.0133. The molecule has 2 aromatic rings. The lowest BCUT2D eigenvalue weighted by atomic mass is 9.56. The van der Waals surface area contributed by atoms with E-state index in [-0.39, 0.29) is 34.9 Å². The summed E-state index contributed by atoms with van der Waals surface area (Å²) in [5.41, 5.74) is 4.80. The Labute approximate surface area is 228 Å². The van der Waals surface area contributed by atoms with E-state index in [0.717, 1.165) is 59.6 Å². The quantitative estimate of drug-likeness (QED) is 0.274. The Morgan fingerprint density at radius 1 is 0.861 bits per heavy atom. The van der Waals surface area contributed by atoms with Crippen LogP contribution in [0.25, 0.3) is 16.3 Å². The number of halogens is 4. The molecule has 3 aliphatic heterocycles. The number of nitrogens with zero attached hydrogens (tertiary/aromatic N) is 3. The van der Waals surface area contributed by atoms with E-state index < -0.39 is 0 Å². The molecule has 6 aliphatic rings. The minimum atomic E-state index is -0.366. The number of rotatable bonds is 2. The van der Waals surface area contributed by atoms with E-state index in [2.05, 4.69) is 15.9 Å². The molecule has 9 heteroatoms. The highest BCUT2D eigenvalue weighted by Crippen LogP contribution is 2.64. The summed E-state index contributed by atoms with van der Waals surface area (Å²) in [6.07, 6.45) is 2.96. The van der Waals surface area contributed by atoms with Gasteiger partial charge >= 0.3 is 0 Å². The number of hydrogen-bond donors (Lipinski definition) is 0. The van der Waals surface area contributed by atoms with Gasteiger partial charge in [0.05, 0.1) is 11.1 Å². The summed E-state index contributed by atoms with van der Waals surface area (Å²) in [5.74, 6) is -0.599. The van der Waals surface area contributed by atoms with Crippen molar-refractivity contribution in [3.63, 3.8) is 0 Å². The Kier molecular flexibility index (Phi) is 4.45. The number of hydrogen-bond acceptors (Lipinski definition) is 4. The molecule has 5 atom stereocenters. The maximum atomic E-state index is 13.2. The predicted octanol–water partition coefficient (Wildman–Crippen LogP) is 5.56. The van der Waals surface area contributed by atoms with E-state index >= 15 is 0 Å². The molecule has 1 saturated carbocycles. The molecule has 8 rings (SSSR count). The highest BCUT2D eigenvalue weighted by molar-refractivity contribution is 6.41. The van der Waals surface area contributed by atoms with Gasteiger partial charge in [0, 0.05) is 94.1 Å². The molecule has 2 aromatic carbocycles. The molecule has 2 amide bonds. The maximum absolute atomic E-state index is 13.2. The van der Waals surface area contributed by atoms with Gasteiger partial charge < -0.3 is 4.90 Å². The van der Waals surface area contributed by atoms with Crippen LogP contribution in [0.15, 0.2) is 28.9 Å². The predicted molar refractivity (Wildman–Crippen MR) is 142 cm³/mol. The fourth-order valence-corrected chi connectivity index (χ4v) is 8.85. The molecule has 0 aromatic heterocycles. The molecule has 0 bridgehead atoms. The van der Waals surface area contributed by atoms with Crippen molar-refractivity contribution in [2.24, 2.45) is 11.8 Å². The van der Waals surface area contributed by atoms with Crippen molar-refractivity contribution in [1.82, 2.24) is 14.7 Å².